The highest BCUT2D eigenvalue weighted by Crippen LogP contribution is 2.45. The monoisotopic (exact) mass is 390 g/mol. The summed E-state index contributed by atoms with van der Waals surface area (Å²) in [5.41, 5.74) is 3.39. The molecule has 3 unspecified atom stereocenters. The number of esters is 1. The van der Waals surface area contributed by atoms with E-state index < -0.39 is 9.84 Å². The Kier molecular flexibility index (Phi) is 4.99. The van der Waals surface area contributed by atoms with E-state index in [9.17, 15) is 13.2 Å². The summed E-state index contributed by atoms with van der Waals surface area (Å²) in [6.45, 7) is 4.16. The van der Waals surface area contributed by atoms with Crippen molar-refractivity contribution in [2.45, 2.75) is 31.8 Å². The Hall–Kier alpha value is -1.86. The first-order chi connectivity index (χ1) is 13.0. The molecule has 1 N–H and O–H groups in total. The summed E-state index contributed by atoms with van der Waals surface area (Å²) in [5, 5.41) is 3.39. The summed E-state index contributed by atoms with van der Waals surface area (Å²) in [5.74, 6) is 0.715. The number of fused-ring (bicyclic) bond motifs is 3. The molecule has 4 rings (SSSR count). The van der Waals surface area contributed by atoms with E-state index in [4.69, 9.17) is 4.74 Å². The van der Waals surface area contributed by atoms with Crippen molar-refractivity contribution in [2.24, 2.45) is 5.92 Å². The maximum Gasteiger partial charge on any atom is 0.328 e. The van der Waals surface area contributed by atoms with Crippen molar-refractivity contribution in [1.29, 1.82) is 0 Å². The smallest absolute Gasteiger partial charge is 0.328 e. The lowest BCUT2D eigenvalue weighted by Gasteiger charge is -2.36. The third-order valence-electron chi connectivity index (χ3n) is 5.81. The van der Waals surface area contributed by atoms with Gasteiger partial charge in [-0.3, -0.25) is 4.90 Å². The number of nitrogens with one attached hydrogen (secondary N) is 1. The number of anilines is 1. The van der Waals surface area contributed by atoms with Gasteiger partial charge in [0.15, 0.2) is 9.84 Å². The first kappa shape index (κ1) is 18.5. The van der Waals surface area contributed by atoms with Gasteiger partial charge in [0.2, 0.25) is 0 Å². The average molecular weight is 391 g/mol. The Bertz CT molecular complexity index is 851. The van der Waals surface area contributed by atoms with Crippen LogP contribution in [-0.2, 0) is 25.9 Å². The number of allylic oxidation sites excluding steroid dienone is 2. The molecule has 1 fully saturated rings. The van der Waals surface area contributed by atoms with E-state index in [0.29, 0.717) is 19.7 Å². The van der Waals surface area contributed by atoms with Gasteiger partial charge >= 0.3 is 5.97 Å². The van der Waals surface area contributed by atoms with Crippen LogP contribution in [0.1, 0.15) is 30.4 Å². The summed E-state index contributed by atoms with van der Waals surface area (Å²) >= 11 is 0. The van der Waals surface area contributed by atoms with Gasteiger partial charge < -0.3 is 10.1 Å². The van der Waals surface area contributed by atoms with E-state index in [-0.39, 0.29) is 35.4 Å². The standard InChI is InChI=1S/C20H26N2O4S/c1-2-26-20(23)19-16-5-3-4-15(16)17-12-14(6-7-18(17)21-19)13-22-8-10-27(24,25)11-9-22/h3-4,6-7,12,15-16,19,21H,2,5,8-11,13H2,1H3. The zero-order valence-corrected chi connectivity index (χ0v) is 16.4. The zero-order valence-electron chi connectivity index (χ0n) is 15.6. The van der Waals surface area contributed by atoms with E-state index >= 15 is 0 Å². The molecule has 27 heavy (non-hydrogen) atoms. The number of rotatable bonds is 4. The van der Waals surface area contributed by atoms with Gasteiger partial charge in [0, 0.05) is 37.2 Å². The van der Waals surface area contributed by atoms with Gasteiger partial charge in [0.1, 0.15) is 6.04 Å². The number of carbonyl (C=O) groups is 1. The molecule has 1 aliphatic carbocycles. The zero-order chi connectivity index (χ0) is 19.0. The Balaban J connectivity index is 1.53. The number of ether oxygens (including phenoxy) is 1. The number of benzene rings is 1. The minimum Gasteiger partial charge on any atom is -0.464 e. The Morgan fingerprint density at radius 2 is 2.07 bits per heavy atom. The number of hydrogen-bond donors (Lipinski definition) is 1. The molecule has 3 aliphatic rings. The molecule has 0 radical (unpaired) electrons. The maximum atomic E-state index is 12.4. The minimum absolute atomic E-state index is 0.180. The molecular weight excluding hydrogens is 364 g/mol. The maximum absolute atomic E-state index is 12.4. The molecule has 0 amide bonds. The van der Waals surface area contributed by atoms with E-state index in [1.165, 1.54) is 11.1 Å². The van der Waals surface area contributed by atoms with Crippen LogP contribution in [0.3, 0.4) is 0 Å². The van der Waals surface area contributed by atoms with Gasteiger partial charge in [0.25, 0.3) is 0 Å². The van der Waals surface area contributed by atoms with Crippen molar-refractivity contribution < 1.29 is 17.9 Å². The predicted octanol–water partition coefficient (Wildman–Crippen LogP) is 1.93. The van der Waals surface area contributed by atoms with Crippen molar-refractivity contribution in [2.75, 3.05) is 36.5 Å². The largest absolute Gasteiger partial charge is 0.464 e. The highest BCUT2D eigenvalue weighted by Gasteiger charge is 2.41. The Labute approximate surface area is 160 Å². The Morgan fingerprint density at radius 1 is 1.30 bits per heavy atom. The van der Waals surface area contributed by atoms with E-state index in [2.05, 4.69) is 34.5 Å². The highest BCUT2D eigenvalue weighted by atomic mass is 32.2. The fraction of sp³-hybridized carbons (Fsp3) is 0.550. The fourth-order valence-corrected chi connectivity index (χ4v) is 5.65. The van der Waals surface area contributed by atoms with Crippen LogP contribution in [0.2, 0.25) is 0 Å². The van der Waals surface area contributed by atoms with Gasteiger partial charge in [-0.05, 0) is 30.5 Å². The van der Waals surface area contributed by atoms with E-state index in [0.717, 1.165) is 18.7 Å². The second-order valence-electron chi connectivity index (χ2n) is 7.58. The molecular formula is C20H26N2O4S. The number of nitrogens with zero attached hydrogens (tertiary/aromatic N) is 1. The lowest BCUT2D eigenvalue weighted by Crippen LogP contribution is -2.43. The highest BCUT2D eigenvalue weighted by molar-refractivity contribution is 7.91. The molecule has 0 saturated carbocycles. The second-order valence-corrected chi connectivity index (χ2v) is 9.88. The van der Waals surface area contributed by atoms with Crippen LogP contribution in [0.15, 0.2) is 30.4 Å². The van der Waals surface area contributed by atoms with Gasteiger partial charge in [-0.25, -0.2) is 13.2 Å². The van der Waals surface area contributed by atoms with Crippen LogP contribution in [-0.4, -0.2) is 56.5 Å². The fourth-order valence-electron chi connectivity index (χ4n) is 4.37. The van der Waals surface area contributed by atoms with Crippen LogP contribution in [0.5, 0.6) is 0 Å². The number of carbonyl (C=O) groups excluding carboxylic acids is 1. The molecule has 0 aromatic heterocycles. The lowest BCUT2D eigenvalue weighted by atomic mass is 9.79. The van der Waals surface area contributed by atoms with Crippen molar-refractivity contribution in [1.82, 2.24) is 4.90 Å². The summed E-state index contributed by atoms with van der Waals surface area (Å²) in [7, 11) is -2.86. The van der Waals surface area contributed by atoms with E-state index in [1.54, 1.807) is 0 Å². The molecule has 1 aromatic carbocycles. The van der Waals surface area contributed by atoms with Crippen molar-refractivity contribution in [3.8, 4) is 0 Å². The first-order valence-electron chi connectivity index (χ1n) is 9.62. The first-order valence-corrected chi connectivity index (χ1v) is 11.4. The number of hydrogen-bond acceptors (Lipinski definition) is 6. The van der Waals surface area contributed by atoms with Gasteiger partial charge in [-0.2, -0.15) is 0 Å². The molecule has 7 heteroatoms. The van der Waals surface area contributed by atoms with Crippen molar-refractivity contribution in [3.63, 3.8) is 0 Å². The molecule has 0 bridgehead atoms. The molecule has 2 aliphatic heterocycles. The lowest BCUT2D eigenvalue weighted by molar-refractivity contribution is -0.145. The summed E-state index contributed by atoms with van der Waals surface area (Å²) in [4.78, 5) is 14.6. The van der Waals surface area contributed by atoms with Crippen LogP contribution in [0.25, 0.3) is 0 Å². The minimum atomic E-state index is -2.86. The molecule has 0 spiro atoms. The molecule has 1 saturated heterocycles. The molecule has 2 heterocycles. The topological polar surface area (TPSA) is 75.7 Å². The Morgan fingerprint density at radius 3 is 2.81 bits per heavy atom. The molecule has 6 nitrogen and oxygen atoms in total. The number of sulfone groups is 1. The van der Waals surface area contributed by atoms with Crippen LogP contribution in [0, 0.1) is 5.92 Å². The van der Waals surface area contributed by atoms with Gasteiger partial charge in [0.05, 0.1) is 18.1 Å². The second kappa shape index (κ2) is 7.28. The van der Waals surface area contributed by atoms with Gasteiger partial charge in [-0.1, -0.05) is 24.3 Å². The van der Waals surface area contributed by atoms with Crippen molar-refractivity contribution in [3.05, 3.63) is 41.5 Å². The summed E-state index contributed by atoms with van der Waals surface area (Å²) in [6, 6.07) is 6.01. The van der Waals surface area contributed by atoms with Crippen LogP contribution < -0.4 is 5.32 Å². The average Bonchev–Trinajstić information content (AvgIpc) is 3.13. The molecule has 1 aromatic rings. The normalized spacial score (nSPS) is 28.9. The third-order valence-corrected chi connectivity index (χ3v) is 7.42. The van der Waals surface area contributed by atoms with Crippen molar-refractivity contribution >= 4 is 21.5 Å². The SMILES string of the molecule is CCOC(=O)C1Nc2ccc(CN3CCS(=O)(=O)CC3)cc2C2C=CCC12. The molecule has 146 valence electrons. The summed E-state index contributed by atoms with van der Waals surface area (Å²) < 4.78 is 28.5. The van der Waals surface area contributed by atoms with Crippen LogP contribution in [0.4, 0.5) is 5.69 Å². The van der Waals surface area contributed by atoms with Crippen LogP contribution >= 0.6 is 0 Å². The quantitative estimate of drug-likeness (QED) is 0.625. The predicted molar refractivity (Wildman–Crippen MR) is 104 cm³/mol. The molecule has 3 atom stereocenters. The third kappa shape index (κ3) is 3.75. The summed E-state index contributed by atoms with van der Waals surface area (Å²) in [6.07, 6.45) is 5.23. The van der Waals surface area contributed by atoms with E-state index in [1.807, 2.05) is 13.0 Å². The van der Waals surface area contributed by atoms with Gasteiger partial charge in [-0.15, -0.1) is 0 Å².